The highest BCUT2D eigenvalue weighted by molar-refractivity contribution is 7.07. The third-order valence-electron chi connectivity index (χ3n) is 3.78. The Morgan fingerprint density at radius 3 is 3.05 bits per heavy atom. The summed E-state index contributed by atoms with van der Waals surface area (Å²) in [6, 6.07) is 10.3. The van der Waals surface area contributed by atoms with Crippen molar-refractivity contribution in [3.05, 3.63) is 52.2 Å². The van der Waals surface area contributed by atoms with Crippen LogP contribution in [0, 0.1) is 5.92 Å². The molecule has 0 spiro atoms. The van der Waals surface area contributed by atoms with Gasteiger partial charge < -0.3 is 15.2 Å². The van der Waals surface area contributed by atoms with E-state index in [0.717, 1.165) is 11.3 Å². The van der Waals surface area contributed by atoms with Crippen LogP contribution in [0.2, 0.25) is 0 Å². The number of hydrogen-bond acceptors (Lipinski definition) is 4. The molecule has 3 rings (SSSR count). The lowest BCUT2D eigenvalue weighted by Crippen LogP contribution is -2.36. The second kappa shape index (κ2) is 5.95. The Hall–Kier alpha value is -1.36. The Labute approximate surface area is 123 Å². The van der Waals surface area contributed by atoms with Crippen LogP contribution in [-0.2, 0) is 0 Å². The molecule has 106 valence electrons. The molecule has 0 radical (unpaired) electrons. The Bertz CT molecular complexity index is 555. The van der Waals surface area contributed by atoms with Gasteiger partial charge in [-0.1, -0.05) is 25.1 Å². The highest BCUT2D eigenvalue weighted by Gasteiger charge is 2.27. The number of aliphatic hydroxyl groups is 1. The Morgan fingerprint density at radius 2 is 2.25 bits per heavy atom. The fourth-order valence-corrected chi connectivity index (χ4v) is 3.33. The molecule has 2 N–H and O–H groups in total. The van der Waals surface area contributed by atoms with Crippen molar-refractivity contribution in [3.8, 4) is 5.75 Å². The molecule has 3 atom stereocenters. The number of nitrogens with one attached hydrogen (secondary N) is 1. The minimum atomic E-state index is -0.455. The molecule has 1 aliphatic heterocycles. The molecule has 0 bridgehead atoms. The van der Waals surface area contributed by atoms with Gasteiger partial charge >= 0.3 is 0 Å². The molecule has 1 aromatic carbocycles. The fourth-order valence-electron chi connectivity index (χ4n) is 2.63. The number of aliphatic hydroxyl groups excluding tert-OH is 1. The number of ether oxygens (including phenoxy) is 1. The van der Waals surface area contributed by atoms with E-state index in [1.165, 1.54) is 5.56 Å². The Balaban J connectivity index is 1.70. The van der Waals surface area contributed by atoms with Crippen LogP contribution in [-0.4, -0.2) is 18.3 Å². The van der Waals surface area contributed by atoms with E-state index in [0.29, 0.717) is 19.1 Å². The summed E-state index contributed by atoms with van der Waals surface area (Å²) in [5, 5.41) is 17.7. The van der Waals surface area contributed by atoms with E-state index < -0.39 is 6.10 Å². The lowest BCUT2D eigenvalue weighted by molar-refractivity contribution is 0.145. The van der Waals surface area contributed by atoms with Gasteiger partial charge in [0.05, 0.1) is 12.7 Å². The third-order valence-corrected chi connectivity index (χ3v) is 4.49. The number of benzene rings is 1. The minimum Gasteiger partial charge on any atom is -0.493 e. The van der Waals surface area contributed by atoms with Gasteiger partial charge in [0, 0.05) is 24.1 Å². The molecule has 1 aromatic heterocycles. The van der Waals surface area contributed by atoms with Crippen molar-refractivity contribution in [2.24, 2.45) is 5.92 Å². The minimum absolute atomic E-state index is 0.230. The van der Waals surface area contributed by atoms with Crippen molar-refractivity contribution in [2.45, 2.75) is 19.1 Å². The van der Waals surface area contributed by atoms with Crippen molar-refractivity contribution in [2.75, 3.05) is 13.2 Å². The third kappa shape index (κ3) is 2.73. The largest absolute Gasteiger partial charge is 0.493 e. The first-order valence-electron chi connectivity index (χ1n) is 6.91. The molecule has 3 unspecified atom stereocenters. The molecule has 0 amide bonds. The molecule has 1 aliphatic rings. The lowest BCUT2D eigenvalue weighted by Gasteiger charge is -2.32. The van der Waals surface area contributed by atoms with Crippen LogP contribution >= 0.6 is 11.3 Å². The van der Waals surface area contributed by atoms with E-state index in [1.807, 2.05) is 35.0 Å². The summed E-state index contributed by atoms with van der Waals surface area (Å²) >= 11 is 1.61. The van der Waals surface area contributed by atoms with E-state index >= 15 is 0 Å². The summed E-state index contributed by atoms with van der Waals surface area (Å²) in [5.41, 5.74) is 2.17. The van der Waals surface area contributed by atoms with Gasteiger partial charge in [0.15, 0.2) is 0 Å². The molecule has 0 aliphatic carbocycles. The van der Waals surface area contributed by atoms with Crippen molar-refractivity contribution in [1.29, 1.82) is 0 Å². The maximum Gasteiger partial charge on any atom is 0.124 e. The number of para-hydroxylation sites is 1. The molecular formula is C16H19NO2S. The molecule has 2 heterocycles. The highest BCUT2D eigenvalue weighted by atomic mass is 32.1. The number of rotatable bonds is 4. The average molecular weight is 289 g/mol. The predicted molar refractivity (Wildman–Crippen MR) is 81.1 cm³/mol. The van der Waals surface area contributed by atoms with E-state index in [9.17, 15) is 5.11 Å². The quantitative estimate of drug-likeness (QED) is 0.908. The van der Waals surface area contributed by atoms with Crippen molar-refractivity contribution < 1.29 is 9.84 Å². The van der Waals surface area contributed by atoms with E-state index in [4.69, 9.17) is 4.74 Å². The monoisotopic (exact) mass is 289 g/mol. The Morgan fingerprint density at radius 1 is 1.40 bits per heavy atom. The summed E-state index contributed by atoms with van der Waals surface area (Å²) in [6.07, 6.45) is -0.455. The van der Waals surface area contributed by atoms with Gasteiger partial charge in [-0.3, -0.25) is 0 Å². The highest BCUT2D eigenvalue weighted by Crippen LogP contribution is 2.35. The van der Waals surface area contributed by atoms with Crippen molar-refractivity contribution >= 4 is 11.3 Å². The number of fused-ring (bicyclic) bond motifs is 1. The van der Waals surface area contributed by atoms with E-state index in [1.54, 1.807) is 11.3 Å². The van der Waals surface area contributed by atoms with Crippen LogP contribution in [0.25, 0.3) is 0 Å². The molecule has 2 aromatic rings. The Kier molecular flexibility index (Phi) is 4.05. The zero-order chi connectivity index (χ0) is 13.9. The molecular weight excluding hydrogens is 270 g/mol. The maximum absolute atomic E-state index is 10.2. The summed E-state index contributed by atoms with van der Waals surface area (Å²) in [5.74, 6) is 1.34. The first-order valence-corrected chi connectivity index (χ1v) is 7.85. The lowest BCUT2D eigenvalue weighted by atomic mass is 9.92. The topological polar surface area (TPSA) is 41.5 Å². The number of thiophene rings is 1. The van der Waals surface area contributed by atoms with Crippen molar-refractivity contribution in [3.63, 3.8) is 0 Å². The van der Waals surface area contributed by atoms with Crippen LogP contribution in [0.5, 0.6) is 5.75 Å². The zero-order valence-electron chi connectivity index (χ0n) is 11.5. The normalized spacial score (nSPS) is 22.9. The van der Waals surface area contributed by atoms with Gasteiger partial charge in [0.2, 0.25) is 0 Å². The first kappa shape index (κ1) is 13.6. The van der Waals surface area contributed by atoms with Crippen LogP contribution < -0.4 is 10.1 Å². The predicted octanol–water partition coefficient (Wildman–Crippen LogP) is 3.14. The van der Waals surface area contributed by atoms with Crippen LogP contribution in [0.15, 0.2) is 41.1 Å². The maximum atomic E-state index is 10.2. The summed E-state index contributed by atoms with van der Waals surface area (Å²) in [7, 11) is 0. The number of hydrogen-bond donors (Lipinski definition) is 2. The van der Waals surface area contributed by atoms with E-state index in [2.05, 4.69) is 18.3 Å². The van der Waals surface area contributed by atoms with Gasteiger partial charge in [-0.2, -0.15) is 11.3 Å². The van der Waals surface area contributed by atoms with Gasteiger partial charge in [-0.15, -0.1) is 0 Å². The molecule has 0 saturated carbocycles. The van der Waals surface area contributed by atoms with Crippen molar-refractivity contribution in [1.82, 2.24) is 5.32 Å². The molecule has 0 fully saturated rings. The summed E-state index contributed by atoms with van der Waals surface area (Å²) in [6.45, 7) is 3.44. The van der Waals surface area contributed by atoms with Crippen LogP contribution in [0.1, 0.15) is 30.2 Å². The van der Waals surface area contributed by atoms with Crippen LogP contribution in [0.4, 0.5) is 0 Å². The van der Waals surface area contributed by atoms with Gasteiger partial charge in [0.25, 0.3) is 0 Å². The smallest absolute Gasteiger partial charge is 0.124 e. The standard InChI is InChI=1S/C16H19NO2S/c1-11-9-19-15-5-3-2-4-13(15)16(11)17-8-14(18)12-6-7-20-10-12/h2-7,10-11,14,16-18H,8-9H2,1H3. The van der Waals surface area contributed by atoms with E-state index in [-0.39, 0.29) is 6.04 Å². The molecule has 3 nitrogen and oxygen atoms in total. The van der Waals surface area contributed by atoms with Gasteiger partial charge in [-0.05, 0) is 28.5 Å². The molecule has 4 heteroatoms. The fraction of sp³-hybridized carbons (Fsp3) is 0.375. The van der Waals surface area contributed by atoms with Gasteiger partial charge in [-0.25, -0.2) is 0 Å². The second-order valence-electron chi connectivity index (χ2n) is 5.28. The second-order valence-corrected chi connectivity index (χ2v) is 6.06. The molecule has 20 heavy (non-hydrogen) atoms. The van der Waals surface area contributed by atoms with Crippen LogP contribution in [0.3, 0.4) is 0 Å². The van der Waals surface area contributed by atoms with Gasteiger partial charge in [0.1, 0.15) is 5.75 Å². The first-order chi connectivity index (χ1) is 9.75. The molecule has 0 saturated heterocycles. The zero-order valence-corrected chi connectivity index (χ0v) is 12.3. The summed E-state index contributed by atoms with van der Waals surface area (Å²) in [4.78, 5) is 0. The summed E-state index contributed by atoms with van der Waals surface area (Å²) < 4.78 is 5.74. The SMILES string of the molecule is CC1COc2ccccc2C1NCC(O)c1ccsc1. The average Bonchev–Trinajstić information content (AvgIpc) is 3.00.